The molecule has 13 heteroatoms. The van der Waals surface area contributed by atoms with Gasteiger partial charge in [-0.1, -0.05) is 47.2 Å². The number of hydrogen-bond acceptors (Lipinski definition) is 7. The smallest absolute Gasteiger partial charge is 0.413 e. The Morgan fingerprint density at radius 2 is 1.97 bits per heavy atom. The zero-order valence-corrected chi connectivity index (χ0v) is 23.0. The summed E-state index contributed by atoms with van der Waals surface area (Å²) in [6.07, 6.45) is -0.254. The summed E-state index contributed by atoms with van der Waals surface area (Å²) in [5, 5.41) is 8.87. The van der Waals surface area contributed by atoms with Crippen LogP contribution in [-0.4, -0.2) is 78.7 Å². The number of urea groups is 1. The lowest BCUT2D eigenvalue weighted by Crippen LogP contribution is -2.48. The van der Waals surface area contributed by atoms with Crippen LogP contribution in [0.2, 0.25) is 5.02 Å². The number of nitrogens with one attached hydrogen (secondary N) is 3. The number of carbonyl (C=O) groups is 3. The van der Waals surface area contributed by atoms with Gasteiger partial charge in [0.15, 0.2) is 5.13 Å². The Hall–Kier alpha value is -3.48. The summed E-state index contributed by atoms with van der Waals surface area (Å²) in [7, 11) is 1.55. The molecule has 0 aliphatic carbocycles. The van der Waals surface area contributed by atoms with E-state index in [2.05, 4.69) is 20.9 Å². The first kappa shape index (κ1) is 28.5. The molecule has 3 aromatic rings. The molecule has 0 radical (unpaired) electrons. The summed E-state index contributed by atoms with van der Waals surface area (Å²) in [5.41, 5.74) is 1.19. The van der Waals surface area contributed by atoms with Crippen LogP contribution in [0.15, 0.2) is 42.5 Å². The van der Waals surface area contributed by atoms with Crippen LogP contribution < -0.4 is 16.0 Å². The number of carbonyl (C=O) groups excluding carboxylic acids is 3. The fraction of sp³-hybridized carbons (Fsp3) is 0.385. The monoisotopic (exact) mass is 576 g/mol. The highest BCUT2D eigenvalue weighted by molar-refractivity contribution is 7.22. The van der Waals surface area contributed by atoms with Crippen molar-refractivity contribution >= 4 is 56.3 Å². The maximum absolute atomic E-state index is 13.8. The Morgan fingerprint density at radius 3 is 2.74 bits per heavy atom. The third-order valence-corrected chi connectivity index (χ3v) is 7.78. The second-order valence-electron chi connectivity index (χ2n) is 9.02. The van der Waals surface area contributed by atoms with Crippen molar-refractivity contribution in [2.45, 2.75) is 25.4 Å². The minimum atomic E-state index is -0.715. The van der Waals surface area contributed by atoms with Gasteiger partial charge in [-0.3, -0.25) is 10.1 Å². The number of para-hydroxylation sites is 1. The number of hydrogen-bond donors (Lipinski definition) is 3. The quantitative estimate of drug-likeness (QED) is 0.354. The normalized spacial score (nSPS) is 14.1. The maximum atomic E-state index is 13.8. The van der Waals surface area contributed by atoms with Crippen LogP contribution in [-0.2, 0) is 16.1 Å². The van der Waals surface area contributed by atoms with Gasteiger partial charge in [0.25, 0.3) is 0 Å². The lowest BCUT2D eigenvalue weighted by atomic mass is 10.1. The number of piperazine rings is 1. The molecule has 3 N–H and O–H groups in total. The molecular weight excluding hydrogens is 547 g/mol. The number of halogens is 2. The lowest BCUT2D eigenvalue weighted by Gasteiger charge is -2.30. The molecule has 0 spiro atoms. The second kappa shape index (κ2) is 13.5. The van der Waals surface area contributed by atoms with Crippen molar-refractivity contribution < 1.29 is 23.5 Å². The van der Waals surface area contributed by atoms with Crippen molar-refractivity contribution in [2.24, 2.45) is 0 Å². The van der Waals surface area contributed by atoms with Crippen LogP contribution in [0.25, 0.3) is 10.2 Å². The van der Waals surface area contributed by atoms with E-state index in [4.69, 9.17) is 16.3 Å². The highest BCUT2D eigenvalue weighted by atomic mass is 35.5. The van der Waals surface area contributed by atoms with Crippen LogP contribution >= 0.6 is 22.9 Å². The van der Waals surface area contributed by atoms with Crippen molar-refractivity contribution in [3.8, 4) is 0 Å². The average molecular weight is 577 g/mol. The minimum absolute atomic E-state index is 0.00510. The summed E-state index contributed by atoms with van der Waals surface area (Å²) >= 11 is 7.32. The molecule has 0 saturated carbocycles. The molecule has 2 heterocycles. The molecule has 4 rings (SSSR count). The number of nitrogens with zero attached hydrogens (tertiary/aromatic N) is 3. The Bertz CT molecular complexity index is 1290. The van der Waals surface area contributed by atoms with Gasteiger partial charge in [0.2, 0.25) is 5.91 Å². The van der Waals surface area contributed by atoms with E-state index in [1.54, 1.807) is 18.0 Å². The maximum Gasteiger partial charge on any atom is 0.413 e. The standard InChI is InChI=1S/C26H30ClFN6O4S/c1-33(25(36)30-15-17-5-4-6-19(28)23(17)27)18(9-10-22(35)34-13-11-29-12-14-34)16-38-26(37)32-24-31-20-7-2-3-8-21(20)39-24/h2-8,18,29H,9-16H2,1H3,(H,30,36)(H,31,32,37)/t18-/m1/s1. The number of amides is 4. The van der Waals surface area contributed by atoms with Gasteiger partial charge < -0.3 is 25.2 Å². The van der Waals surface area contributed by atoms with Crippen molar-refractivity contribution in [1.29, 1.82) is 0 Å². The third-order valence-electron chi connectivity index (χ3n) is 6.40. The molecule has 1 aliphatic rings. The number of fused-ring (bicyclic) bond motifs is 1. The SMILES string of the molecule is CN(C(=O)NCc1cccc(F)c1Cl)[C@H](CCC(=O)N1CCNCC1)COC(=O)Nc1nc2ccccc2s1. The molecule has 4 amide bonds. The summed E-state index contributed by atoms with van der Waals surface area (Å²) in [6, 6.07) is 10.8. The van der Waals surface area contributed by atoms with Gasteiger partial charge in [0.1, 0.15) is 12.4 Å². The minimum Gasteiger partial charge on any atom is -0.447 e. The van der Waals surface area contributed by atoms with Crippen molar-refractivity contribution in [1.82, 2.24) is 25.4 Å². The zero-order chi connectivity index (χ0) is 27.8. The first-order valence-corrected chi connectivity index (χ1v) is 13.7. The van der Waals surface area contributed by atoms with Crippen LogP contribution in [0, 0.1) is 5.82 Å². The van der Waals surface area contributed by atoms with E-state index in [1.807, 2.05) is 24.3 Å². The summed E-state index contributed by atoms with van der Waals surface area (Å²) < 4.78 is 20.1. The van der Waals surface area contributed by atoms with Gasteiger partial charge in [0, 0.05) is 46.2 Å². The zero-order valence-electron chi connectivity index (χ0n) is 21.4. The first-order valence-electron chi connectivity index (χ1n) is 12.5. The molecular formula is C26H30ClFN6O4S. The van der Waals surface area contributed by atoms with Crippen LogP contribution in [0.5, 0.6) is 0 Å². The molecule has 10 nitrogen and oxygen atoms in total. The summed E-state index contributed by atoms with van der Waals surface area (Å²) in [6.45, 7) is 2.57. The van der Waals surface area contributed by atoms with E-state index >= 15 is 0 Å². The van der Waals surface area contributed by atoms with Crippen molar-refractivity contribution in [2.75, 3.05) is 45.2 Å². The van der Waals surface area contributed by atoms with E-state index < -0.39 is 24.0 Å². The Labute approximate surface area is 234 Å². The molecule has 0 bridgehead atoms. The van der Waals surface area contributed by atoms with E-state index in [1.165, 1.54) is 28.4 Å². The van der Waals surface area contributed by atoms with E-state index in [9.17, 15) is 18.8 Å². The molecule has 0 unspecified atom stereocenters. The topological polar surface area (TPSA) is 116 Å². The Morgan fingerprint density at radius 1 is 1.21 bits per heavy atom. The van der Waals surface area contributed by atoms with E-state index in [0.717, 1.165) is 23.3 Å². The summed E-state index contributed by atoms with van der Waals surface area (Å²) in [4.78, 5) is 45.7. The average Bonchev–Trinajstić information content (AvgIpc) is 3.36. The molecule has 1 aromatic heterocycles. The van der Waals surface area contributed by atoms with Gasteiger partial charge in [-0.25, -0.2) is 19.0 Å². The fourth-order valence-electron chi connectivity index (χ4n) is 4.12. The predicted octanol–water partition coefficient (Wildman–Crippen LogP) is 4.06. The van der Waals surface area contributed by atoms with E-state index in [0.29, 0.717) is 23.8 Å². The summed E-state index contributed by atoms with van der Waals surface area (Å²) in [5.74, 6) is -0.602. The first-order chi connectivity index (χ1) is 18.8. The fourth-order valence-corrected chi connectivity index (χ4v) is 5.16. The number of aromatic nitrogens is 1. The second-order valence-corrected chi connectivity index (χ2v) is 10.4. The Balaban J connectivity index is 1.36. The highest BCUT2D eigenvalue weighted by Gasteiger charge is 2.25. The number of likely N-dealkylation sites (N-methyl/N-ethyl adjacent to an activating group) is 1. The number of benzene rings is 2. The molecule has 208 valence electrons. The van der Waals surface area contributed by atoms with Gasteiger partial charge in [-0.15, -0.1) is 0 Å². The van der Waals surface area contributed by atoms with Gasteiger partial charge in [-0.05, 0) is 30.2 Å². The van der Waals surface area contributed by atoms with Gasteiger partial charge >= 0.3 is 12.1 Å². The molecule has 1 saturated heterocycles. The molecule has 1 aliphatic heterocycles. The van der Waals surface area contributed by atoms with Crippen molar-refractivity contribution in [3.63, 3.8) is 0 Å². The van der Waals surface area contributed by atoms with Gasteiger partial charge in [0.05, 0.1) is 21.3 Å². The highest BCUT2D eigenvalue weighted by Crippen LogP contribution is 2.25. The van der Waals surface area contributed by atoms with Crippen LogP contribution in [0.3, 0.4) is 0 Å². The molecule has 39 heavy (non-hydrogen) atoms. The number of ether oxygens (including phenoxy) is 1. The van der Waals surface area contributed by atoms with Crippen LogP contribution in [0.4, 0.5) is 19.1 Å². The van der Waals surface area contributed by atoms with Crippen LogP contribution in [0.1, 0.15) is 18.4 Å². The lowest BCUT2D eigenvalue weighted by molar-refractivity contribution is -0.132. The molecule has 1 fully saturated rings. The van der Waals surface area contributed by atoms with Gasteiger partial charge in [-0.2, -0.15) is 0 Å². The number of rotatable bonds is 9. The third kappa shape index (κ3) is 7.78. The largest absolute Gasteiger partial charge is 0.447 e. The van der Waals surface area contributed by atoms with Crippen molar-refractivity contribution in [3.05, 3.63) is 58.9 Å². The number of thiazole rings is 1. The van der Waals surface area contributed by atoms with E-state index in [-0.39, 0.29) is 36.9 Å². The Kier molecular flexibility index (Phi) is 9.90. The molecule has 2 aromatic carbocycles. The predicted molar refractivity (Wildman–Crippen MR) is 148 cm³/mol. The number of anilines is 1. The molecule has 1 atom stereocenters.